The molecule has 0 aliphatic carbocycles. The molecule has 0 aliphatic heterocycles. The van der Waals surface area contributed by atoms with Crippen molar-refractivity contribution in [1.82, 2.24) is 0 Å². The minimum absolute atomic E-state index is 0.146. The molecule has 0 heterocycles. The first-order chi connectivity index (χ1) is 10.5. The van der Waals surface area contributed by atoms with Gasteiger partial charge < -0.3 is 9.47 Å². The highest BCUT2D eigenvalue weighted by atomic mass is 16.5. The smallest absolute Gasteiger partial charge is 0.141 e. The number of hydrogen-bond donors (Lipinski definition) is 0. The molecule has 0 unspecified atom stereocenters. The molecular weight excluding hydrogens is 276 g/mol. The van der Waals surface area contributed by atoms with E-state index in [1.54, 1.807) is 14.2 Å². The zero-order valence-electron chi connectivity index (χ0n) is 13.6. The van der Waals surface area contributed by atoms with Crippen LogP contribution in [-0.4, -0.2) is 20.0 Å². The Morgan fingerprint density at radius 1 is 0.818 bits per heavy atom. The van der Waals surface area contributed by atoms with Crippen molar-refractivity contribution in [3.05, 3.63) is 58.7 Å². The number of carbonyl (C=O) groups excluding carboxylic acids is 1. The van der Waals surface area contributed by atoms with Crippen LogP contribution in [0.5, 0.6) is 11.5 Å². The van der Waals surface area contributed by atoms with Crippen molar-refractivity contribution in [3.63, 3.8) is 0 Å². The largest absolute Gasteiger partial charge is 0.496 e. The van der Waals surface area contributed by atoms with Crippen LogP contribution in [0.3, 0.4) is 0 Å². The van der Waals surface area contributed by atoms with Gasteiger partial charge >= 0.3 is 0 Å². The van der Waals surface area contributed by atoms with Gasteiger partial charge in [0.15, 0.2) is 0 Å². The summed E-state index contributed by atoms with van der Waals surface area (Å²) in [5, 5.41) is 0. The van der Waals surface area contributed by atoms with Crippen LogP contribution in [0, 0.1) is 13.8 Å². The van der Waals surface area contributed by atoms with Gasteiger partial charge in [-0.2, -0.15) is 0 Å². The SMILES string of the molecule is COc1ccc(C)cc1CC(=O)Cc1cc(C)ccc1OC. The van der Waals surface area contributed by atoms with Gasteiger partial charge in [0.25, 0.3) is 0 Å². The maximum atomic E-state index is 12.4. The second kappa shape index (κ2) is 7.12. The van der Waals surface area contributed by atoms with Crippen molar-refractivity contribution in [2.24, 2.45) is 0 Å². The van der Waals surface area contributed by atoms with Gasteiger partial charge in [-0.05, 0) is 26.0 Å². The maximum absolute atomic E-state index is 12.4. The normalized spacial score (nSPS) is 10.4. The van der Waals surface area contributed by atoms with E-state index in [-0.39, 0.29) is 5.78 Å². The van der Waals surface area contributed by atoms with E-state index in [0.717, 1.165) is 33.8 Å². The van der Waals surface area contributed by atoms with E-state index in [0.29, 0.717) is 12.8 Å². The fraction of sp³-hybridized carbons (Fsp3) is 0.316. The lowest BCUT2D eigenvalue weighted by Gasteiger charge is -2.11. The molecule has 3 nitrogen and oxygen atoms in total. The second-order valence-electron chi connectivity index (χ2n) is 5.52. The molecule has 0 saturated carbocycles. The second-order valence-corrected chi connectivity index (χ2v) is 5.52. The highest BCUT2D eigenvalue weighted by Crippen LogP contribution is 2.23. The van der Waals surface area contributed by atoms with Gasteiger partial charge in [0.2, 0.25) is 0 Å². The van der Waals surface area contributed by atoms with Crippen molar-refractivity contribution in [3.8, 4) is 11.5 Å². The molecule has 2 aromatic carbocycles. The third-order valence-electron chi connectivity index (χ3n) is 3.65. The van der Waals surface area contributed by atoms with Crippen LogP contribution in [0.1, 0.15) is 22.3 Å². The first kappa shape index (κ1) is 16.1. The fourth-order valence-corrected chi connectivity index (χ4v) is 2.58. The van der Waals surface area contributed by atoms with E-state index in [1.807, 2.05) is 50.2 Å². The minimum atomic E-state index is 0.146. The number of ether oxygens (including phenoxy) is 2. The van der Waals surface area contributed by atoms with Crippen LogP contribution in [-0.2, 0) is 17.6 Å². The van der Waals surface area contributed by atoms with Crippen LogP contribution in [0.15, 0.2) is 36.4 Å². The zero-order valence-corrected chi connectivity index (χ0v) is 13.6. The summed E-state index contributed by atoms with van der Waals surface area (Å²) in [7, 11) is 3.25. The lowest BCUT2D eigenvalue weighted by molar-refractivity contribution is -0.117. The third kappa shape index (κ3) is 3.88. The van der Waals surface area contributed by atoms with Crippen molar-refractivity contribution in [2.75, 3.05) is 14.2 Å². The fourth-order valence-electron chi connectivity index (χ4n) is 2.58. The van der Waals surface area contributed by atoms with Crippen LogP contribution in [0.2, 0.25) is 0 Å². The molecular formula is C19H22O3. The molecule has 2 rings (SSSR count). The Balaban J connectivity index is 2.17. The molecule has 22 heavy (non-hydrogen) atoms. The van der Waals surface area contributed by atoms with Crippen molar-refractivity contribution in [2.45, 2.75) is 26.7 Å². The molecule has 116 valence electrons. The monoisotopic (exact) mass is 298 g/mol. The number of rotatable bonds is 6. The van der Waals surface area contributed by atoms with Gasteiger partial charge in [0.1, 0.15) is 17.3 Å². The highest BCUT2D eigenvalue weighted by Gasteiger charge is 2.13. The van der Waals surface area contributed by atoms with Crippen LogP contribution in [0.25, 0.3) is 0 Å². The molecule has 0 amide bonds. The summed E-state index contributed by atoms with van der Waals surface area (Å²) in [5.41, 5.74) is 4.10. The average molecular weight is 298 g/mol. The predicted molar refractivity (Wildman–Crippen MR) is 87.9 cm³/mol. The van der Waals surface area contributed by atoms with Gasteiger partial charge in [-0.25, -0.2) is 0 Å². The molecule has 0 spiro atoms. The van der Waals surface area contributed by atoms with E-state index in [2.05, 4.69) is 0 Å². The minimum Gasteiger partial charge on any atom is -0.496 e. The Kier molecular flexibility index (Phi) is 5.21. The van der Waals surface area contributed by atoms with Crippen LogP contribution < -0.4 is 9.47 Å². The number of hydrogen-bond acceptors (Lipinski definition) is 3. The van der Waals surface area contributed by atoms with E-state index in [1.165, 1.54) is 0 Å². The van der Waals surface area contributed by atoms with Crippen LogP contribution in [0.4, 0.5) is 0 Å². The lowest BCUT2D eigenvalue weighted by Crippen LogP contribution is -2.09. The summed E-state index contributed by atoms with van der Waals surface area (Å²) in [5.74, 6) is 1.66. The quantitative estimate of drug-likeness (QED) is 0.816. The Labute approximate surface area is 131 Å². The van der Waals surface area contributed by atoms with Gasteiger partial charge in [0, 0.05) is 24.0 Å². The van der Waals surface area contributed by atoms with Gasteiger partial charge in [-0.3, -0.25) is 4.79 Å². The molecule has 3 heteroatoms. The topological polar surface area (TPSA) is 35.5 Å². The summed E-state index contributed by atoms with van der Waals surface area (Å²) in [4.78, 5) is 12.4. The molecule has 2 aromatic rings. The molecule has 0 bridgehead atoms. The summed E-state index contributed by atoms with van der Waals surface area (Å²) < 4.78 is 10.7. The van der Waals surface area contributed by atoms with E-state index < -0.39 is 0 Å². The first-order valence-electron chi connectivity index (χ1n) is 7.32. The number of methoxy groups -OCH3 is 2. The van der Waals surface area contributed by atoms with Gasteiger partial charge in [-0.1, -0.05) is 35.4 Å². The third-order valence-corrected chi connectivity index (χ3v) is 3.65. The Hall–Kier alpha value is -2.29. The molecule has 0 fully saturated rings. The average Bonchev–Trinajstić information content (AvgIpc) is 2.47. The Morgan fingerprint density at radius 3 is 1.59 bits per heavy atom. The van der Waals surface area contributed by atoms with Crippen molar-refractivity contribution >= 4 is 5.78 Å². The zero-order chi connectivity index (χ0) is 16.1. The van der Waals surface area contributed by atoms with Crippen molar-refractivity contribution < 1.29 is 14.3 Å². The van der Waals surface area contributed by atoms with Crippen molar-refractivity contribution in [1.29, 1.82) is 0 Å². The number of aryl methyl sites for hydroxylation is 2. The Bertz CT molecular complexity index is 617. The van der Waals surface area contributed by atoms with E-state index in [4.69, 9.17) is 9.47 Å². The summed E-state index contributed by atoms with van der Waals surface area (Å²) in [6, 6.07) is 11.8. The van der Waals surface area contributed by atoms with Crippen LogP contribution >= 0.6 is 0 Å². The number of benzene rings is 2. The molecule has 0 N–H and O–H groups in total. The van der Waals surface area contributed by atoms with E-state index >= 15 is 0 Å². The number of ketones is 1. The van der Waals surface area contributed by atoms with E-state index in [9.17, 15) is 4.79 Å². The number of carbonyl (C=O) groups is 1. The summed E-state index contributed by atoms with van der Waals surface area (Å²) in [6.07, 6.45) is 0.726. The summed E-state index contributed by atoms with van der Waals surface area (Å²) >= 11 is 0. The lowest BCUT2D eigenvalue weighted by atomic mass is 9.99. The molecule has 0 saturated heterocycles. The maximum Gasteiger partial charge on any atom is 0.141 e. The Morgan fingerprint density at radius 2 is 1.23 bits per heavy atom. The molecule has 0 radical (unpaired) electrons. The molecule has 0 aliphatic rings. The van der Waals surface area contributed by atoms with Gasteiger partial charge in [0.05, 0.1) is 14.2 Å². The summed E-state index contributed by atoms with van der Waals surface area (Å²) in [6.45, 7) is 4.02. The standard InChI is InChI=1S/C19H22O3/c1-13-5-7-18(21-3)15(9-13)11-17(20)12-16-10-14(2)6-8-19(16)22-4/h5-10H,11-12H2,1-4H3. The predicted octanol–water partition coefficient (Wildman–Crippen LogP) is 3.67. The first-order valence-corrected chi connectivity index (χ1v) is 7.32. The highest BCUT2D eigenvalue weighted by molar-refractivity contribution is 5.84. The van der Waals surface area contributed by atoms with Gasteiger partial charge in [-0.15, -0.1) is 0 Å². The molecule has 0 aromatic heterocycles. The molecule has 0 atom stereocenters. The number of Topliss-reactive ketones (excluding diaryl/α,β-unsaturated/α-hetero) is 1.